The third kappa shape index (κ3) is 4.08. The van der Waals surface area contributed by atoms with Gasteiger partial charge in [-0.2, -0.15) is 0 Å². The Kier molecular flexibility index (Phi) is 5.48. The number of benzene rings is 1. The quantitative estimate of drug-likeness (QED) is 0.890. The van der Waals surface area contributed by atoms with Gasteiger partial charge in [0, 0.05) is 19.1 Å². The molecule has 1 aliphatic heterocycles. The van der Waals surface area contributed by atoms with E-state index in [0.717, 1.165) is 25.6 Å². The van der Waals surface area contributed by atoms with Gasteiger partial charge in [-0.15, -0.1) is 0 Å². The van der Waals surface area contributed by atoms with Crippen LogP contribution < -0.4 is 5.32 Å². The van der Waals surface area contributed by atoms with Crippen LogP contribution in [0.1, 0.15) is 50.5 Å². The van der Waals surface area contributed by atoms with Gasteiger partial charge in [0.2, 0.25) is 0 Å². The molecule has 2 atom stereocenters. The summed E-state index contributed by atoms with van der Waals surface area (Å²) >= 11 is 0. The van der Waals surface area contributed by atoms with Gasteiger partial charge in [0.05, 0.1) is 0 Å². The van der Waals surface area contributed by atoms with Crippen LogP contribution >= 0.6 is 0 Å². The molecule has 0 aromatic heterocycles. The third-order valence-electron chi connectivity index (χ3n) is 5.48. The summed E-state index contributed by atoms with van der Waals surface area (Å²) in [6, 6.07) is 7.70. The standard InChI is InChI=1S/C19H29FN2/c1-2-22-13-17(16-7-9-18(20)10-8-16)11-19(14-22)21-12-15-5-3-4-6-15/h7-10,15,17,19,21H,2-6,11-14H2,1H3. The predicted molar refractivity (Wildman–Crippen MR) is 89.6 cm³/mol. The second-order valence-corrected chi connectivity index (χ2v) is 7.09. The van der Waals surface area contributed by atoms with Gasteiger partial charge in [-0.25, -0.2) is 4.39 Å². The summed E-state index contributed by atoms with van der Waals surface area (Å²) in [6.07, 6.45) is 6.80. The van der Waals surface area contributed by atoms with Crippen molar-refractivity contribution in [1.29, 1.82) is 0 Å². The maximum Gasteiger partial charge on any atom is 0.123 e. The summed E-state index contributed by atoms with van der Waals surface area (Å²) in [6.45, 7) is 6.77. The Bertz CT molecular complexity index is 453. The van der Waals surface area contributed by atoms with Crippen LogP contribution in [-0.4, -0.2) is 37.1 Å². The molecule has 1 aliphatic carbocycles. The minimum absolute atomic E-state index is 0.136. The number of piperidine rings is 1. The number of hydrogen-bond acceptors (Lipinski definition) is 2. The van der Waals surface area contributed by atoms with Gasteiger partial charge in [0.25, 0.3) is 0 Å². The molecule has 3 heteroatoms. The lowest BCUT2D eigenvalue weighted by Gasteiger charge is -2.38. The maximum atomic E-state index is 13.1. The van der Waals surface area contributed by atoms with Crippen molar-refractivity contribution in [2.45, 2.75) is 51.0 Å². The molecule has 2 fully saturated rings. The highest BCUT2D eigenvalue weighted by atomic mass is 19.1. The molecule has 3 rings (SSSR count). The van der Waals surface area contributed by atoms with Gasteiger partial charge in [0.15, 0.2) is 0 Å². The Morgan fingerprint density at radius 1 is 1.14 bits per heavy atom. The molecule has 2 nitrogen and oxygen atoms in total. The molecule has 1 aromatic carbocycles. The fourth-order valence-electron chi connectivity index (χ4n) is 4.12. The van der Waals surface area contributed by atoms with Gasteiger partial charge in [0.1, 0.15) is 5.82 Å². The zero-order chi connectivity index (χ0) is 15.4. The number of nitrogens with one attached hydrogen (secondary N) is 1. The molecule has 2 aliphatic rings. The number of nitrogens with zero attached hydrogens (tertiary/aromatic N) is 1. The smallest absolute Gasteiger partial charge is 0.123 e. The van der Waals surface area contributed by atoms with E-state index < -0.39 is 0 Å². The van der Waals surface area contributed by atoms with Crippen molar-refractivity contribution in [2.75, 3.05) is 26.2 Å². The molecule has 1 saturated heterocycles. The van der Waals surface area contributed by atoms with E-state index in [1.54, 1.807) is 12.1 Å². The van der Waals surface area contributed by atoms with Crippen LogP contribution in [0.2, 0.25) is 0 Å². The molecule has 1 saturated carbocycles. The lowest BCUT2D eigenvalue weighted by Crippen LogP contribution is -2.49. The fraction of sp³-hybridized carbons (Fsp3) is 0.684. The highest BCUT2D eigenvalue weighted by molar-refractivity contribution is 5.22. The van der Waals surface area contributed by atoms with Crippen LogP contribution in [0.5, 0.6) is 0 Å². The lowest BCUT2D eigenvalue weighted by molar-refractivity contribution is 0.175. The van der Waals surface area contributed by atoms with E-state index in [1.165, 1.54) is 44.2 Å². The molecular formula is C19H29FN2. The monoisotopic (exact) mass is 304 g/mol. The number of rotatable bonds is 5. The largest absolute Gasteiger partial charge is 0.312 e. The summed E-state index contributed by atoms with van der Waals surface area (Å²) in [5.74, 6) is 1.28. The van der Waals surface area contributed by atoms with Crippen LogP contribution in [0.3, 0.4) is 0 Å². The van der Waals surface area contributed by atoms with Crippen molar-refractivity contribution in [2.24, 2.45) is 5.92 Å². The zero-order valence-electron chi connectivity index (χ0n) is 13.7. The molecule has 0 amide bonds. The van der Waals surface area contributed by atoms with Crippen LogP contribution in [0.25, 0.3) is 0 Å². The number of likely N-dealkylation sites (N-methyl/N-ethyl adjacent to an activating group) is 1. The summed E-state index contributed by atoms with van der Waals surface area (Å²) in [4.78, 5) is 2.53. The van der Waals surface area contributed by atoms with Gasteiger partial charge < -0.3 is 10.2 Å². The second-order valence-electron chi connectivity index (χ2n) is 7.09. The van der Waals surface area contributed by atoms with Crippen molar-refractivity contribution in [3.63, 3.8) is 0 Å². The first-order valence-corrected chi connectivity index (χ1v) is 8.95. The molecule has 122 valence electrons. The van der Waals surface area contributed by atoms with E-state index in [4.69, 9.17) is 0 Å². The number of likely N-dealkylation sites (tertiary alicyclic amines) is 1. The van der Waals surface area contributed by atoms with Gasteiger partial charge in [-0.3, -0.25) is 0 Å². The number of hydrogen-bond donors (Lipinski definition) is 1. The van der Waals surface area contributed by atoms with Crippen molar-refractivity contribution >= 4 is 0 Å². The Hall–Kier alpha value is -0.930. The average Bonchev–Trinajstić information content (AvgIpc) is 3.07. The first-order chi connectivity index (χ1) is 10.7. The molecule has 0 spiro atoms. The van der Waals surface area contributed by atoms with Crippen LogP contribution in [0.15, 0.2) is 24.3 Å². The normalized spacial score (nSPS) is 27.4. The topological polar surface area (TPSA) is 15.3 Å². The Labute approximate surface area is 134 Å². The zero-order valence-corrected chi connectivity index (χ0v) is 13.7. The third-order valence-corrected chi connectivity index (χ3v) is 5.48. The first-order valence-electron chi connectivity index (χ1n) is 8.95. The summed E-state index contributed by atoms with van der Waals surface area (Å²) in [5, 5.41) is 3.82. The Balaban J connectivity index is 1.60. The molecule has 1 N–H and O–H groups in total. The Morgan fingerprint density at radius 3 is 2.55 bits per heavy atom. The molecule has 1 heterocycles. The molecule has 0 bridgehead atoms. The van der Waals surface area contributed by atoms with Crippen LogP contribution in [0.4, 0.5) is 4.39 Å². The summed E-state index contributed by atoms with van der Waals surface area (Å²) in [5.41, 5.74) is 1.28. The average molecular weight is 304 g/mol. The maximum absolute atomic E-state index is 13.1. The molecular weight excluding hydrogens is 275 g/mol. The molecule has 0 radical (unpaired) electrons. The van der Waals surface area contributed by atoms with Gasteiger partial charge in [-0.05, 0) is 61.9 Å². The highest BCUT2D eigenvalue weighted by Crippen LogP contribution is 2.28. The van der Waals surface area contributed by atoms with Crippen molar-refractivity contribution in [1.82, 2.24) is 10.2 Å². The summed E-state index contributed by atoms with van der Waals surface area (Å²) in [7, 11) is 0. The van der Waals surface area contributed by atoms with E-state index >= 15 is 0 Å². The molecule has 2 unspecified atom stereocenters. The van der Waals surface area contributed by atoms with Crippen molar-refractivity contribution < 1.29 is 4.39 Å². The number of halogens is 1. The van der Waals surface area contributed by atoms with E-state index in [-0.39, 0.29) is 5.82 Å². The van der Waals surface area contributed by atoms with E-state index in [9.17, 15) is 4.39 Å². The van der Waals surface area contributed by atoms with Crippen LogP contribution in [0, 0.1) is 11.7 Å². The minimum Gasteiger partial charge on any atom is -0.312 e. The van der Waals surface area contributed by atoms with E-state index in [0.29, 0.717) is 12.0 Å². The van der Waals surface area contributed by atoms with Crippen LogP contribution in [-0.2, 0) is 0 Å². The van der Waals surface area contributed by atoms with Gasteiger partial charge in [-0.1, -0.05) is 31.9 Å². The van der Waals surface area contributed by atoms with Crippen molar-refractivity contribution in [3.8, 4) is 0 Å². The summed E-state index contributed by atoms with van der Waals surface area (Å²) < 4.78 is 13.1. The van der Waals surface area contributed by atoms with E-state index in [1.807, 2.05) is 12.1 Å². The second kappa shape index (κ2) is 7.56. The van der Waals surface area contributed by atoms with Crippen molar-refractivity contribution in [3.05, 3.63) is 35.6 Å². The molecule has 22 heavy (non-hydrogen) atoms. The first kappa shape index (κ1) is 15.9. The fourth-order valence-corrected chi connectivity index (χ4v) is 4.12. The predicted octanol–water partition coefficient (Wildman–Crippen LogP) is 3.78. The van der Waals surface area contributed by atoms with E-state index in [2.05, 4.69) is 17.1 Å². The Morgan fingerprint density at radius 2 is 1.86 bits per heavy atom. The van der Waals surface area contributed by atoms with Gasteiger partial charge >= 0.3 is 0 Å². The SMILES string of the molecule is CCN1CC(NCC2CCCC2)CC(c2ccc(F)cc2)C1. The highest BCUT2D eigenvalue weighted by Gasteiger charge is 2.28. The lowest BCUT2D eigenvalue weighted by atomic mass is 9.87. The molecule has 1 aromatic rings. The minimum atomic E-state index is -0.136.